The average Bonchev–Trinajstić information content (AvgIpc) is 2.57. The standard InChI is InChI=1S/C17H22FN5O/c1-2-3-9-21-17-22-11-14(15(19)23-17)16(24)20-10-8-12-4-6-13(18)7-5-12/h4-7,11H,2-3,8-10H2,1H3,(H,20,24)(H3,19,21,22,23). The molecule has 1 aromatic heterocycles. The molecule has 4 N–H and O–H groups in total. The van der Waals surface area contributed by atoms with Gasteiger partial charge in [0.25, 0.3) is 5.91 Å². The smallest absolute Gasteiger partial charge is 0.256 e. The number of rotatable bonds is 8. The molecule has 0 aliphatic rings. The van der Waals surface area contributed by atoms with E-state index in [1.165, 1.54) is 18.3 Å². The van der Waals surface area contributed by atoms with Gasteiger partial charge in [0.05, 0.1) is 5.56 Å². The Morgan fingerprint density at radius 1 is 1.25 bits per heavy atom. The van der Waals surface area contributed by atoms with Crippen LogP contribution >= 0.6 is 0 Å². The summed E-state index contributed by atoms with van der Waals surface area (Å²) in [5.74, 6) is -0.0397. The van der Waals surface area contributed by atoms with Gasteiger partial charge < -0.3 is 16.4 Å². The van der Waals surface area contributed by atoms with Crippen LogP contribution in [0.4, 0.5) is 16.2 Å². The van der Waals surface area contributed by atoms with Crippen LogP contribution < -0.4 is 16.4 Å². The summed E-state index contributed by atoms with van der Waals surface area (Å²) in [7, 11) is 0. The molecule has 1 heterocycles. The summed E-state index contributed by atoms with van der Waals surface area (Å²) in [4.78, 5) is 20.3. The van der Waals surface area contributed by atoms with Crippen LogP contribution in [0.1, 0.15) is 35.7 Å². The van der Waals surface area contributed by atoms with Crippen LogP contribution in [-0.2, 0) is 6.42 Å². The van der Waals surface area contributed by atoms with Gasteiger partial charge in [-0.05, 0) is 30.5 Å². The van der Waals surface area contributed by atoms with Gasteiger partial charge in [0.2, 0.25) is 5.95 Å². The third kappa shape index (κ3) is 5.19. The van der Waals surface area contributed by atoms with E-state index < -0.39 is 0 Å². The van der Waals surface area contributed by atoms with Crippen LogP contribution in [-0.4, -0.2) is 29.0 Å². The summed E-state index contributed by atoms with van der Waals surface area (Å²) in [5, 5.41) is 5.82. The fourth-order valence-corrected chi connectivity index (χ4v) is 2.10. The molecule has 2 aromatic rings. The second-order valence-corrected chi connectivity index (χ2v) is 5.41. The first kappa shape index (κ1) is 17.7. The van der Waals surface area contributed by atoms with Crippen molar-refractivity contribution < 1.29 is 9.18 Å². The molecule has 0 atom stereocenters. The Morgan fingerprint density at radius 2 is 2.00 bits per heavy atom. The fourth-order valence-electron chi connectivity index (χ4n) is 2.10. The molecule has 0 saturated heterocycles. The number of nitrogens with one attached hydrogen (secondary N) is 2. The zero-order valence-corrected chi connectivity index (χ0v) is 13.7. The van der Waals surface area contributed by atoms with Crippen molar-refractivity contribution in [2.24, 2.45) is 0 Å². The van der Waals surface area contributed by atoms with Crippen molar-refractivity contribution >= 4 is 17.7 Å². The number of nitrogens with two attached hydrogens (primary N) is 1. The third-order valence-corrected chi connectivity index (χ3v) is 3.49. The van der Waals surface area contributed by atoms with E-state index in [2.05, 4.69) is 27.5 Å². The van der Waals surface area contributed by atoms with Crippen LogP contribution in [0.5, 0.6) is 0 Å². The monoisotopic (exact) mass is 331 g/mol. The summed E-state index contributed by atoms with van der Waals surface area (Å²) < 4.78 is 12.8. The molecule has 7 heteroatoms. The van der Waals surface area contributed by atoms with E-state index >= 15 is 0 Å². The highest BCUT2D eigenvalue weighted by molar-refractivity contribution is 5.98. The first-order valence-corrected chi connectivity index (χ1v) is 7.99. The van der Waals surface area contributed by atoms with Crippen molar-refractivity contribution in [1.82, 2.24) is 15.3 Å². The van der Waals surface area contributed by atoms with Crippen LogP contribution in [0.15, 0.2) is 30.5 Å². The summed E-state index contributed by atoms with van der Waals surface area (Å²) in [6.07, 6.45) is 4.10. The Morgan fingerprint density at radius 3 is 2.67 bits per heavy atom. The van der Waals surface area contributed by atoms with Crippen LogP contribution in [0.25, 0.3) is 0 Å². The Bertz CT molecular complexity index is 675. The maximum Gasteiger partial charge on any atom is 0.256 e. The second-order valence-electron chi connectivity index (χ2n) is 5.41. The number of benzene rings is 1. The molecule has 0 spiro atoms. The van der Waals surface area contributed by atoms with Crippen LogP contribution in [0.2, 0.25) is 0 Å². The van der Waals surface area contributed by atoms with E-state index in [4.69, 9.17) is 5.73 Å². The molecule has 0 aliphatic carbocycles. The molecule has 0 radical (unpaired) electrons. The van der Waals surface area contributed by atoms with Gasteiger partial charge in [0, 0.05) is 19.3 Å². The molecule has 2 rings (SSSR count). The molecule has 0 bridgehead atoms. The molecule has 0 saturated carbocycles. The molecule has 1 aromatic carbocycles. The summed E-state index contributed by atoms with van der Waals surface area (Å²) in [6, 6.07) is 6.17. The highest BCUT2D eigenvalue weighted by Gasteiger charge is 2.12. The number of amides is 1. The van der Waals surface area contributed by atoms with Gasteiger partial charge in [-0.1, -0.05) is 25.5 Å². The predicted octanol–water partition coefficient (Wildman–Crippen LogP) is 2.38. The number of hydrogen-bond donors (Lipinski definition) is 3. The first-order chi connectivity index (χ1) is 11.6. The van der Waals surface area contributed by atoms with Crippen molar-refractivity contribution in [3.8, 4) is 0 Å². The van der Waals surface area contributed by atoms with Crippen LogP contribution in [0.3, 0.4) is 0 Å². The predicted molar refractivity (Wildman–Crippen MR) is 92.3 cm³/mol. The number of aromatic nitrogens is 2. The van der Waals surface area contributed by atoms with E-state index in [0.717, 1.165) is 24.9 Å². The number of anilines is 2. The van der Waals surface area contributed by atoms with Gasteiger partial charge in [-0.25, -0.2) is 9.37 Å². The molecule has 0 unspecified atom stereocenters. The Labute approximate surface area is 140 Å². The number of carbonyl (C=O) groups is 1. The zero-order valence-electron chi connectivity index (χ0n) is 13.7. The maximum absolute atomic E-state index is 12.8. The minimum Gasteiger partial charge on any atom is -0.383 e. The van der Waals surface area contributed by atoms with Crippen molar-refractivity contribution in [2.45, 2.75) is 26.2 Å². The van der Waals surface area contributed by atoms with Crippen LogP contribution in [0, 0.1) is 5.82 Å². The van der Waals surface area contributed by atoms with E-state index in [-0.39, 0.29) is 23.1 Å². The molecular weight excluding hydrogens is 309 g/mol. The Balaban J connectivity index is 1.86. The van der Waals surface area contributed by atoms with Crippen molar-refractivity contribution in [1.29, 1.82) is 0 Å². The van der Waals surface area contributed by atoms with Gasteiger partial charge >= 0.3 is 0 Å². The van der Waals surface area contributed by atoms with E-state index in [1.807, 2.05) is 0 Å². The Hall–Kier alpha value is -2.70. The molecule has 24 heavy (non-hydrogen) atoms. The summed E-state index contributed by atoms with van der Waals surface area (Å²) >= 11 is 0. The number of nitrogen functional groups attached to an aromatic ring is 1. The highest BCUT2D eigenvalue weighted by Crippen LogP contribution is 2.10. The average molecular weight is 331 g/mol. The highest BCUT2D eigenvalue weighted by atomic mass is 19.1. The molecule has 1 amide bonds. The first-order valence-electron chi connectivity index (χ1n) is 7.99. The number of nitrogens with zero attached hydrogens (tertiary/aromatic N) is 2. The lowest BCUT2D eigenvalue weighted by Crippen LogP contribution is -2.27. The van der Waals surface area contributed by atoms with Gasteiger partial charge in [0.15, 0.2) is 0 Å². The number of halogens is 1. The van der Waals surface area contributed by atoms with Crippen molar-refractivity contribution in [3.63, 3.8) is 0 Å². The molecule has 6 nitrogen and oxygen atoms in total. The lowest BCUT2D eigenvalue weighted by atomic mass is 10.1. The normalized spacial score (nSPS) is 10.4. The lowest BCUT2D eigenvalue weighted by Gasteiger charge is -2.09. The summed E-state index contributed by atoms with van der Waals surface area (Å²) in [5.41, 5.74) is 7.02. The van der Waals surface area contributed by atoms with Gasteiger partial charge in [-0.15, -0.1) is 0 Å². The molecule has 0 fully saturated rings. The van der Waals surface area contributed by atoms with Crippen molar-refractivity contribution in [3.05, 3.63) is 47.4 Å². The SMILES string of the molecule is CCCCNc1ncc(C(=O)NCCc2ccc(F)cc2)c(N)n1. The zero-order chi connectivity index (χ0) is 17.4. The van der Waals surface area contributed by atoms with E-state index in [9.17, 15) is 9.18 Å². The largest absolute Gasteiger partial charge is 0.383 e. The van der Waals surface area contributed by atoms with Gasteiger partial charge in [-0.2, -0.15) is 4.98 Å². The van der Waals surface area contributed by atoms with Crippen molar-refractivity contribution in [2.75, 3.05) is 24.1 Å². The number of unbranched alkanes of at least 4 members (excludes halogenated alkanes) is 1. The number of carbonyl (C=O) groups excluding carboxylic acids is 1. The van der Waals surface area contributed by atoms with E-state index in [1.54, 1.807) is 12.1 Å². The maximum atomic E-state index is 12.8. The second kappa shape index (κ2) is 8.81. The van der Waals surface area contributed by atoms with Gasteiger partial charge in [-0.3, -0.25) is 4.79 Å². The quantitative estimate of drug-likeness (QED) is 0.646. The molecule has 128 valence electrons. The minimum absolute atomic E-state index is 0.142. The Kier molecular flexibility index (Phi) is 6.48. The topological polar surface area (TPSA) is 92.9 Å². The number of hydrogen-bond acceptors (Lipinski definition) is 5. The lowest BCUT2D eigenvalue weighted by molar-refractivity contribution is 0.0954. The molecule has 0 aliphatic heterocycles. The third-order valence-electron chi connectivity index (χ3n) is 3.49. The summed E-state index contributed by atoms with van der Waals surface area (Å²) in [6.45, 7) is 3.27. The van der Waals surface area contributed by atoms with E-state index in [0.29, 0.717) is 18.9 Å². The minimum atomic E-state index is -0.324. The molecular formula is C17H22FN5O. The van der Waals surface area contributed by atoms with Gasteiger partial charge in [0.1, 0.15) is 11.6 Å². The fraction of sp³-hybridized carbons (Fsp3) is 0.353.